The molecule has 0 saturated carbocycles. The summed E-state index contributed by atoms with van der Waals surface area (Å²) in [5.41, 5.74) is 5.26. The smallest absolute Gasteiger partial charge is 0.152 e. The zero-order chi connectivity index (χ0) is 23.0. The molecule has 0 atom stereocenters. The molecule has 5 heteroatoms. The third-order valence-corrected chi connectivity index (χ3v) is 8.15. The van der Waals surface area contributed by atoms with Gasteiger partial charge in [0.25, 0.3) is 0 Å². The second kappa shape index (κ2) is 16.0. The van der Waals surface area contributed by atoms with E-state index in [1.54, 1.807) is 0 Å². The fourth-order valence-corrected chi connectivity index (χ4v) is 6.03. The summed E-state index contributed by atoms with van der Waals surface area (Å²) in [4.78, 5) is 0. The minimum absolute atomic E-state index is 0. The Kier molecular flexibility index (Phi) is 13.5. The Morgan fingerprint density at radius 1 is 0.378 bits per heavy atom. The Labute approximate surface area is 254 Å². The predicted octanol–water partition coefficient (Wildman–Crippen LogP) is 11.5. The van der Waals surface area contributed by atoms with Gasteiger partial charge in [-0.25, -0.2) is 0 Å². The summed E-state index contributed by atoms with van der Waals surface area (Å²) >= 11 is 0. The molecule has 0 fully saturated rings. The van der Waals surface area contributed by atoms with Crippen LogP contribution < -0.4 is 0 Å². The number of hydrogen-bond donors (Lipinski definition) is 0. The molecule has 0 saturated heterocycles. The minimum Gasteiger partial charge on any atom is -0.152 e. The van der Waals surface area contributed by atoms with Crippen molar-refractivity contribution in [3.05, 3.63) is 146 Å². The molecule has 0 N–H and O–H groups in total. The molecule has 0 radical (unpaired) electrons. The van der Waals surface area contributed by atoms with E-state index < -0.39 is 0 Å². The Balaban J connectivity index is 0.000000241. The van der Waals surface area contributed by atoms with Gasteiger partial charge in [0.2, 0.25) is 0 Å². The average molecular weight is 635 g/mol. The van der Waals surface area contributed by atoms with Crippen LogP contribution in [0.15, 0.2) is 146 Å². The van der Waals surface area contributed by atoms with Crippen LogP contribution in [-0.4, -0.2) is 0 Å². The van der Waals surface area contributed by atoms with Crippen LogP contribution in [0.4, 0.5) is 0 Å². The molecular weight excluding hydrogens is 608 g/mol. The van der Waals surface area contributed by atoms with Crippen molar-refractivity contribution in [1.29, 1.82) is 0 Å². The first-order chi connectivity index (χ1) is 16.9. The normalized spacial score (nSPS) is 9.95. The van der Waals surface area contributed by atoms with E-state index in [1.807, 2.05) is 0 Å². The van der Waals surface area contributed by atoms with Crippen molar-refractivity contribution in [3.63, 3.8) is 0 Å². The summed E-state index contributed by atoms with van der Waals surface area (Å²) < 4.78 is 0. The van der Waals surface area contributed by atoms with E-state index in [9.17, 15) is 0 Å². The molecule has 6 aromatic rings. The number of halogens is 2. The van der Waals surface area contributed by atoms with Gasteiger partial charge in [0, 0.05) is 0 Å². The van der Waals surface area contributed by atoms with Gasteiger partial charge in [-0.05, 0) is 0 Å². The molecule has 0 amide bonds. The molecule has 0 aliphatic heterocycles. The molecule has 182 valence electrons. The summed E-state index contributed by atoms with van der Waals surface area (Å²) in [6.07, 6.45) is 0. The van der Waals surface area contributed by atoms with Crippen LogP contribution in [0.25, 0.3) is 43.4 Å². The molecule has 0 bridgehead atoms. The second-order valence-electron chi connectivity index (χ2n) is 7.90. The molecular formula is C32H26Cl2P2Zr. The number of benzene rings is 4. The molecule has 0 aliphatic rings. The molecule has 0 spiro atoms. The van der Waals surface area contributed by atoms with Gasteiger partial charge >= 0.3 is 26.2 Å². The SMILES string of the molecule is Cl.Cl.[Zr+2].c1ccc(-c2cc[c-](-c3ccccc3)p2)cc1.c1ccc(-c2cc[c-](-c3ccccc3)p2)cc1. The van der Waals surface area contributed by atoms with Gasteiger partial charge < -0.3 is 0 Å². The topological polar surface area (TPSA) is 0 Å². The van der Waals surface area contributed by atoms with E-state index >= 15 is 0 Å². The zero-order valence-electron chi connectivity index (χ0n) is 20.1. The molecule has 0 nitrogen and oxygen atoms in total. The largest absolute Gasteiger partial charge is 2.00 e. The summed E-state index contributed by atoms with van der Waals surface area (Å²) in [6, 6.07) is 51.2. The molecule has 0 aliphatic carbocycles. The first-order valence-electron chi connectivity index (χ1n) is 11.4. The van der Waals surface area contributed by atoms with E-state index in [0.29, 0.717) is 0 Å². The third-order valence-electron chi connectivity index (χ3n) is 5.56. The summed E-state index contributed by atoms with van der Waals surface area (Å²) in [5, 5.41) is 5.52. The van der Waals surface area contributed by atoms with Crippen LogP contribution in [-0.2, 0) is 26.2 Å². The Bertz CT molecular complexity index is 1210. The Hall–Kier alpha value is -2.10. The molecule has 37 heavy (non-hydrogen) atoms. The predicted molar refractivity (Wildman–Crippen MR) is 165 cm³/mol. The van der Waals surface area contributed by atoms with E-state index in [-0.39, 0.29) is 51.0 Å². The van der Waals surface area contributed by atoms with Gasteiger partial charge in [-0.15, -0.1) is 84.5 Å². The van der Waals surface area contributed by atoms with Crippen molar-refractivity contribution >= 4 is 41.2 Å². The Morgan fingerprint density at radius 2 is 0.676 bits per heavy atom. The summed E-state index contributed by atoms with van der Waals surface area (Å²) in [5.74, 6) is 0. The molecule has 2 heterocycles. The molecule has 4 aromatic carbocycles. The molecule has 2 aromatic heterocycles. The van der Waals surface area contributed by atoms with Crippen LogP contribution in [0.1, 0.15) is 0 Å². The van der Waals surface area contributed by atoms with Crippen LogP contribution in [0, 0.1) is 0 Å². The maximum absolute atomic E-state index is 2.22. The van der Waals surface area contributed by atoms with Gasteiger partial charge in [-0.1, -0.05) is 129 Å². The van der Waals surface area contributed by atoms with Crippen LogP contribution in [0.5, 0.6) is 0 Å². The van der Waals surface area contributed by atoms with Gasteiger partial charge in [-0.2, -0.15) is 16.4 Å². The second-order valence-corrected chi connectivity index (χ2v) is 10.3. The molecule has 6 rings (SSSR count). The van der Waals surface area contributed by atoms with Crippen molar-refractivity contribution in [2.45, 2.75) is 0 Å². The first-order valence-corrected chi connectivity index (χ1v) is 13.1. The van der Waals surface area contributed by atoms with Crippen molar-refractivity contribution < 1.29 is 26.2 Å². The number of hydrogen-bond acceptors (Lipinski definition) is 0. The number of rotatable bonds is 4. The van der Waals surface area contributed by atoms with Crippen LogP contribution in [0.2, 0.25) is 0 Å². The quantitative estimate of drug-likeness (QED) is 0.169. The fraction of sp³-hybridized carbons (Fsp3) is 0. The van der Waals surface area contributed by atoms with Gasteiger partial charge in [0.05, 0.1) is 0 Å². The fourth-order valence-electron chi connectivity index (χ4n) is 3.80. The monoisotopic (exact) mass is 632 g/mol. The molecule has 0 unspecified atom stereocenters. The van der Waals surface area contributed by atoms with E-state index in [2.05, 4.69) is 146 Å². The van der Waals surface area contributed by atoms with Gasteiger partial charge in [0.1, 0.15) is 0 Å². The van der Waals surface area contributed by atoms with Crippen LogP contribution in [0.3, 0.4) is 0 Å². The van der Waals surface area contributed by atoms with Crippen LogP contribution >= 0.6 is 41.2 Å². The van der Waals surface area contributed by atoms with E-state index in [1.165, 1.54) is 59.8 Å². The van der Waals surface area contributed by atoms with Crippen molar-refractivity contribution in [2.75, 3.05) is 0 Å². The average Bonchev–Trinajstić information content (AvgIpc) is 3.62. The van der Waals surface area contributed by atoms with Crippen molar-refractivity contribution in [3.8, 4) is 43.4 Å². The van der Waals surface area contributed by atoms with E-state index in [0.717, 1.165) is 0 Å². The maximum Gasteiger partial charge on any atom is 2.00 e. The third kappa shape index (κ3) is 8.45. The summed E-state index contributed by atoms with van der Waals surface area (Å²) in [7, 11) is 2.61. The standard InChI is InChI=1S/2C16H12P.2ClH.Zr/c2*1-3-7-13(8-4-1)15-11-12-16(17-15)14-9-5-2-6-10-14;;;/h2*1-12H;2*1H;/q2*-1;;;+2. The minimum atomic E-state index is 0. The van der Waals surface area contributed by atoms with Gasteiger partial charge in [-0.3, -0.25) is 0 Å². The maximum atomic E-state index is 2.22. The van der Waals surface area contributed by atoms with Crippen molar-refractivity contribution in [1.82, 2.24) is 0 Å². The van der Waals surface area contributed by atoms with E-state index in [4.69, 9.17) is 0 Å². The first kappa shape index (κ1) is 31.1. The zero-order valence-corrected chi connectivity index (χ0v) is 25.9. The van der Waals surface area contributed by atoms with Gasteiger partial charge in [0.15, 0.2) is 0 Å². The summed E-state index contributed by atoms with van der Waals surface area (Å²) in [6.45, 7) is 0. The van der Waals surface area contributed by atoms with Crippen molar-refractivity contribution in [2.24, 2.45) is 0 Å². The Morgan fingerprint density at radius 3 is 1.00 bits per heavy atom.